The van der Waals surface area contributed by atoms with Crippen LogP contribution in [-0.2, 0) is 10.8 Å². The summed E-state index contributed by atoms with van der Waals surface area (Å²) in [5, 5.41) is 2.32. The molecule has 4 nitrogen and oxygen atoms in total. The zero-order chi connectivity index (χ0) is 33.5. The predicted octanol–water partition coefficient (Wildman–Crippen LogP) is 11.3. The number of hydrogen-bond donors (Lipinski definition) is 0. The van der Waals surface area contributed by atoms with E-state index < -0.39 is 0 Å². The third-order valence-electron chi connectivity index (χ3n) is 8.92. The van der Waals surface area contributed by atoms with Gasteiger partial charge in [0.25, 0.3) is 0 Å². The van der Waals surface area contributed by atoms with Gasteiger partial charge in [0.15, 0.2) is 17.5 Å². The van der Waals surface area contributed by atoms with Gasteiger partial charge in [-0.15, -0.1) is 0 Å². The van der Waals surface area contributed by atoms with Crippen LogP contribution < -0.4 is 0 Å². The van der Waals surface area contributed by atoms with Crippen molar-refractivity contribution < 1.29 is 0 Å². The summed E-state index contributed by atoms with van der Waals surface area (Å²) in [4.78, 5) is 19.7. The third-order valence-corrected chi connectivity index (χ3v) is 8.92. The van der Waals surface area contributed by atoms with E-state index >= 15 is 0 Å². The molecule has 0 aliphatic carbocycles. The van der Waals surface area contributed by atoms with Gasteiger partial charge >= 0.3 is 0 Å². The SMILES string of the molecule is CC(C)(C)c1ccc(-c2nc(-c3ccc(-c4cccc(-c5cc6ccccc6cn5)c4)cc3)nc(-c3ccc(C(C)(C)C)cc3)n2)cc1. The molecule has 0 amide bonds. The van der Waals surface area contributed by atoms with E-state index in [4.69, 9.17) is 19.9 Å². The van der Waals surface area contributed by atoms with Crippen LogP contribution in [0, 0.1) is 0 Å². The Morgan fingerprint density at radius 3 is 1.31 bits per heavy atom. The van der Waals surface area contributed by atoms with Crippen molar-refractivity contribution in [3.63, 3.8) is 0 Å². The Morgan fingerprint density at radius 2 is 0.812 bits per heavy atom. The monoisotopic (exact) mass is 624 g/mol. The van der Waals surface area contributed by atoms with Crippen LogP contribution in [0.2, 0.25) is 0 Å². The van der Waals surface area contributed by atoms with Gasteiger partial charge in [-0.05, 0) is 50.6 Å². The zero-order valence-corrected chi connectivity index (χ0v) is 28.5. The Hall–Kier alpha value is -5.48. The van der Waals surface area contributed by atoms with E-state index in [0.717, 1.165) is 44.5 Å². The van der Waals surface area contributed by atoms with E-state index in [2.05, 4.69) is 163 Å². The van der Waals surface area contributed by atoms with E-state index in [0.29, 0.717) is 17.5 Å². The third kappa shape index (κ3) is 6.52. The van der Waals surface area contributed by atoms with Crippen molar-refractivity contribution in [2.75, 3.05) is 0 Å². The number of rotatable bonds is 5. The minimum absolute atomic E-state index is 0.0655. The highest BCUT2D eigenvalue weighted by Crippen LogP contribution is 2.32. The summed E-state index contributed by atoms with van der Waals surface area (Å²) < 4.78 is 0. The maximum atomic E-state index is 5.00. The predicted molar refractivity (Wildman–Crippen MR) is 200 cm³/mol. The number of hydrogen-bond acceptors (Lipinski definition) is 4. The van der Waals surface area contributed by atoms with Crippen LogP contribution in [0.4, 0.5) is 0 Å². The lowest BCUT2D eigenvalue weighted by molar-refractivity contribution is 0.590. The van der Waals surface area contributed by atoms with Crippen LogP contribution in [0.25, 0.3) is 67.3 Å². The Kier molecular flexibility index (Phi) is 7.96. The molecule has 0 aliphatic rings. The average molecular weight is 625 g/mol. The molecule has 0 radical (unpaired) electrons. The molecule has 0 fully saturated rings. The van der Waals surface area contributed by atoms with Crippen LogP contribution in [-0.4, -0.2) is 19.9 Å². The normalized spacial score (nSPS) is 12.0. The number of pyridine rings is 1. The maximum Gasteiger partial charge on any atom is 0.164 e. The van der Waals surface area contributed by atoms with Gasteiger partial charge in [0.05, 0.1) is 5.69 Å². The second-order valence-corrected chi connectivity index (χ2v) is 14.5. The topological polar surface area (TPSA) is 51.6 Å². The smallest absolute Gasteiger partial charge is 0.164 e. The molecule has 0 saturated heterocycles. The molecule has 0 unspecified atom stereocenters. The summed E-state index contributed by atoms with van der Waals surface area (Å²) in [6, 6.07) is 44.7. The molecule has 4 heteroatoms. The highest BCUT2D eigenvalue weighted by Gasteiger charge is 2.17. The van der Waals surface area contributed by atoms with Crippen molar-refractivity contribution in [3.8, 4) is 56.5 Å². The molecule has 0 N–H and O–H groups in total. The van der Waals surface area contributed by atoms with Crippen molar-refractivity contribution >= 4 is 10.8 Å². The van der Waals surface area contributed by atoms with Gasteiger partial charge in [0.2, 0.25) is 0 Å². The van der Waals surface area contributed by atoms with Crippen LogP contribution in [0.5, 0.6) is 0 Å². The second kappa shape index (κ2) is 12.3. The number of benzene rings is 5. The summed E-state index contributed by atoms with van der Waals surface area (Å²) in [5.41, 5.74) is 9.84. The van der Waals surface area contributed by atoms with Crippen LogP contribution >= 0.6 is 0 Å². The molecule has 0 atom stereocenters. The van der Waals surface area contributed by atoms with E-state index in [1.807, 2.05) is 12.3 Å². The molecule has 7 rings (SSSR count). The van der Waals surface area contributed by atoms with Crippen LogP contribution in [0.3, 0.4) is 0 Å². The Balaban J connectivity index is 1.25. The van der Waals surface area contributed by atoms with Gasteiger partial charge in [-0.2, -0.15) is 0 Å². The fraction of sp³-hybridized carbons (Fsp3) is 0.182. The lowest BCUT2D eigenvalue weighted by Gasteiger charge is -2.19. The molecule has 0 aliphatic heterocycles. The standard InChI is InChI=1S/C44H40N4/c1-43(2,3)37-22-18-31(19-23-37)41-46-40(47-42(48-41)32-20-24-38(25-21-32)44(4,5)6)30-16-14-29(15-17-30)33-12-9-13-35(26-33)39-27-34-10-7-8-11-36(34)28-45-39/h7-28H,1-6H3. The van der Waals surface area contributed by atoms with Gasteiger partial charge < -0.3 is 0 Å². The van der Waals surface area contributed by atoms with Crippen molar-refractivity contribution in [2.24, 2.45) is 0 Å². The molecular weight excluding hydrogens is 585 g/mol. The number of aromatic nitrogens is 4. The lowest BCUT2D eigenvalue weighted by atomic mass is 9.86. The van der Waals surface area contributed by atoms with Gasteiger partial charge in [0, 0.05) is 33.8 Å². The summed E-state index contributed by atoms with van der Waals surface area (Å²) >= 11 is 0. The Labute approximate surface area is 283 Å². The Morgan fingerprint density at radius 1 is 0.375 bits per heavy atom. The van der Waals surface area contributed by atoms with Gasteiger partial charge in [-0.3, -0.25) is 4.98 Å². The van der Waals surface area contributed by atoms with Crippen molar-refractivity contribution in [1.82, 2.24) is 19.9 Å². The minimum atomic E-state index is 0.0655. The van der Waals surface area contributed by atoms with Crippen molar-refractivity contribution in [1.29, 1.82) is 0 Å². The van der Waals surface area contributed by atoms with Crippen LogP contribution in [0.15, 0.2) is 134 Å². The highest BCUT2D eigenvalue weighted by atomic mass is 15.0. The van der Waals surface area contributed by atoms with E-state index in [9.17, 15) is 0 Å². The van der Waals surface area contributed by atoms with E-state index in [1.165, 1.54) is 16.5 Å². The van der Waals surface area contributed by atoms with E-state index in [-0.39, 0.29) is 10.8 Å². The molecule has 0 spiro atoms. The zero-order valence-electron chi connectivity index (χ0n) is 28.5. The Bertz CT molecular complexity index is 2140. The second-order valence-electron chi connectivity index (χ2n) is 14.5. The number of fused-ring (bicyclic) bond motifs is 1. The summed E-state index contributed by atoms with van der Waals surface area (Å²) in [7, 11) is 0. The van der Waals surface area contributed by atoms with Crippen LogP contribution in [0.1, 0.15) is 52.7 Å². The summed E-state index contributed by atoms with van der Waals surface area (Å²) in [6.45, 7) is 13.3. The quantitative estimate of drug-likeness (QED) is 0.191. The fourth-order valence-electron chi connectivity index (χ4n) is 5.91. The molecule has 2 heterocycles. The molecule has 236 valence electrons. The minimum Gasteiger partial charge on any atom is -0.256 e. The molecule has 48 heavy (non-hydrogen) atoms. The van der Waals surface area contributed by atoms with E-state index in [1.54, 1.807) is 0 Å². The van der Waals surface area contributed by atoms with Gasteiger partial charge in [0.1, 0.15) is 0 Å². The summed E-state index contributed by atoms with van der Waals surface area (Å²) in [5.74, 6) is 1.97. The van der Waals surface area contributed by atoms with Crippen molar-refractivity contribution in [3.05, 3.63) is 145 Å². The highest BCUT2D eigenvalue weighted by molar-refractivity contribution is 5.85. The molecule has 0 saturated carbocycles. The lowest BCUT2D eigenvalue weighted by Crippen LogP contribution is -2.10. The first-order chi connectivity index (χ1) is 23.0. The number of nitrogens with zero attached hydrogens (tertiary/aromatic N) is 4. The van der Waals surface area contributed by atoms with Gasteiger partial charge in [-0.25, -0.2) is 15.0 Å². The molecule has 7 aromatic rings. The first-order valence-corrected chi connectivity index (χ1v) is 16.6. The molecule has 2 aromatic heterocycles. The van der Waals surface area contributed by atoms with Crippen molar-refractivity contribution in [2.45, 2.75) is 52.4 Å². The average Bonchev–Trinajstić information content (AvgIpc) is 3.11. The first-order valence-electron chi connectivity index (χ1n) is 16.6. The fourth-order valence-corrected chi connectivity index (χ4v) is 5.91. The molecular formula is C44H40N4. The summed E-state index contributed by atoms with van der Waals surface area (Å²) in [6.07, 6.45) is 1.95. The molecule has 0 bridgehead atoms. The van der Waals surface area contributed by atoms with Gasteiger partial charge in [-0.1, -0.05) is 157 Å². The maximum absolute atomic E-state index is 5.00. The molecule has 5 aromatic carbocycles. The largest absolute Gasteiger partial charge is 0.256 e. The first kappa shape index (κ1) is 31.1.